The summed E-state index contributed by atoms with van der Waals surface area (Å²) in [5, 5.41) is 3.05. The lowest BCUT2D eigenvalue weighted by Crippen LogP contribution is -2.28. The lowest BCUT2D eigenvalue weighted by Gasteiger charge is -2.20. The molecule has 0 saturated heterocycles. The van der Waals surface area contributed by atoms with Crippen LogP contribution in [0.3, 0.4) is 0 Å². The summed E-state index contributed by atoms with van der Waals surface area (Å²) in [6, 6.07) is 22.3. The van der Waals surface area contributed by atoms with E-state index >= 15 is 0 Å². The Hall–Kier alpha value is -4.32. The number of nitrogens with one attached hydrogen (secondary N) is 1. The number of aromatic nitrogens is 2. The molecule has 0 spiro atoms. The van der Waals surface area contributed by atoms with Crippen LogP contribution in [0.25, 0.3) is 17.2 Å². The molecule has 6 heteroatoms. The summed E-state index contributed by atoms with van der Waals surface area (Å²) in [5.41, 5.74) is 5.89. The van der Waals surface area contributed by atoms with Crippen LogP contribution in [0.2, 0.25) is 0 Å². The third-order valence-corrected chi connectivity index (χ3v) is 5.87. The summed E-state index contributed by atoms with van der Waals surface area (Å²) in [7, 11) is 1.61. The number of imidazole rings is 1. The largest absolute Gasteiger partial charge is 0.493 e. The van der Waals surface area contributed by atoms with Crippen LogP contribution in [0.4, 0.5) is 0 Å². The van der Waals surface area contributed by atoms with Crippen molar-refractivity contribution < 1.29 is 14.3 Å². The Morgan fingerprint density at radius 2 is 1.94 bits per heavy atom. The summed E-state index contributed by atoms with van der Waals surface area (Å²) in [6.07, 6.45) is 7.41. The van der Waals surface area contributed by atoms with Gasteiger partial charge in [0.25, 0.3) is 5.91 Å². The third-order valence-electron chi connectivity index (χ3n) is 5.87. The second-order valence-electron chi connectivity index (χ2n) is 8.11. The Kier molecular flexibility index (Phi) is 6.12. The molecule has 4 aromatic rings. The second kappa shape index (κ2) is 9.67. The topological polar surface area (TPSA) is 65.4 Å². The Bertz CT molecular complexity index is 1330. The number of rotatable bonds is 7. The van der Waals surface area contributed by atoms with E-state index in [9.17, 15) is 4.79 Å². The molecule has 0 saturated carbocycles. The molecule has 0 atom stereocenters. The first-order valence-corrected chi connectivity index (χ1v) is 11.1. The molecule has 0 bridgehead atoms. The monoisotopic (exact) mass is 451 g/mol. The molecule has 6 nitrogen and oxygen atoms in total. The molecular formula is C28H25N3O3. The van der Waals surface area contributed by atoms with Crippen molar-refractivity contribution >= 4 is 12.0 Å². The van der Waals surface area contributed by atoms with Crippen molar-refractivity contribution in [2.24, 2.45) is 0 Å². The van der Waals surface area contributed by atoms with E-state index in [4.69, 9.17) is 9.47 Å². The maximum absolute atomic E-state index is 12.9. The van der Waals surface area contributed by atoms with E-state index in [1.54, 1.807) is 13.3 Å². The molecular weight excluding hydrogens is 426 g/mol. The molecule has 0 fully saturated rings. The maximum Gasteiger partial charge on any atom is 0.250 e. The molecule has 1 N–H and O–H groups in total. The van der Waals surface area contributed by atoms with E-state index in [1.165, 1.54) is 5.56 Å². The van der Waals surface area contributed by atoms with E-state index in [1.807, 2.05) is 59.6 Å². The molecule has 1 aliphatic heterocycles. The predicted molar refractivity (Wildman–Crippen MR) is 132 cm³/mol. The minimum atomic E-state index is -0.140. The molecule has 0 aliphatic carbocycles. The van der Waals surface area contributed by atoms with Crippen LogP contribution in [-0.2, 0) is 17.9 Å². The van der Waals surface area contributed by atoms with Gasteiger partial charge in [0.05, 0.1) is 19.0 Å². The zero-order valence-corrected chi connectivity index (χ0v) is 18.9. The van der Waals surface area contributed by atoms with Crippen LogP contribution >= 0.6 is 0 Å². The number of ether oxygens (including phenoxy) is 2. The van der Waals surface area contributed by atoms with Gasteiger partial charge in [-0.1, -0.05) is 60.7 Å². The van der Waals surface area contributed by atoms with Crippen LogP contribution in [0, 0.1) is 0 Å². The molecule has 1 amide bonds. The van der Waals surface area contributed by atoms with Gasteiger partial charge in [-0.05, 0) is 34.4 Å². The lowest BCUT2D eigenvalue weighted by atomic mass is 9.98. The highest BCUT2D eigenvalue weighted by Crippen LogP contribution is 2.35. The molecule has 0 unspecified atom stereocenters. The van der Waals surface area contributed by atoms with E-state index in [0.29, 0.717) is 23.6 Å². The van der Waals surface area contributed by atoms with Crippen molar-refractivity contribution in [3.8, 4) is 22.6 Å². The number of fused-ring (bicyclic) bond motifs is 1. The van der Waals surface area contributed by atoms with Crippen LogP contribution in [0.5, 0.6) is 11.5 Å². The quantitative estimate of drug-likeness (QED) is 0.442. The summed E-state index contributed by atoms with van der Waals surface area (Å²) in [5.74, 6) is 1.19. The fraction of sp³-hybridized carbons (Fsp3) is 0.143. The number of carbonyl (C=O) groups excluding carboxylic acids is 1. The molecule has 34 heavy (non-hydrogen) atoms. The fourth-order valence-electron chi connectivity index (χ4n) is 4.10. The van der Waals surface area contributed by atoms with Gasteiger partial charge in [0.2, 0.25) is 0 Å². The first-order chi connectivity index (χ1) is 16.7. The number of para-hydroxylation sites is 1. The molecule has 0 radical (unpaired) electrons. The number of nitrogens with zero attached hydrogens (tertiary/aromatic N) is 2. The fourth-order valence-corrected chi connectivity index (χ4v) is 4.10. The molecule has 170 valence electrons. The highest BCUT2D eigenvalue weighted by Gasteiger charge is 2.20. The summed E-state index contributed by atoms with van der Waals surface area (Å²) in [6.45, 7) is 1.41. The van der Waals surface area contributed by atoms with Gasteiger partial charge in [0, 0.05) is 31.0 Å². The first kappa shape index (κ1) is 21.5. The Labute approximate surface area is 198 Å². The smallest absolute Gasteiger partial charge is 0.250 e. The molecule has 1 aromatic heterocycles. The van der Waals surface area contributed by atoms with Gasteiger partial charge in [-0.3, -0.25) is 4.79 Å². The van der Waals surface area contributed by atoms with Gasteiger partial charge >= 0.3 is 0 Å². The van der Waals surface area contributed by atoms with Crippen molar-refractivity contribution in [3.63, 3.8) is 0 Å². The minimum Gasteiger partial charge on any atom is -0.493 e. The van der Waals surface area contributed by atoms with Crippen LogP contribution in [-0.4, -0.2) is 29.2 Å². The normalized spacial score (nSPS) is 12.3. The first-order valence-electron chi connectivity index (χ1n) is 11.1. The van der Waals surface area contributed by atoms with Gasteiger partial charge in [-0.25, -0.2) is 4.98 Å². The maximum atomic E-state index is 12.9. The number of hydrogen-bond donors (Lipinski definition) is 1. The highest BCUT2D eigenvalue weighted by molar-refractivity contribution is 5.99. The summed E-state index contributed by atoms with van der Waals surface area (Å²) >= 11 is 0. The molecule has 5 rings (SSSR count). The van der Waals surface area contributed by atoms with E-state index < -0.39 is 0 Å². The molecule has 3 aromatic carbocycles. The lowest BCUT2D eigenvalue weighted by molar-refractivity contribution is -0.117. The average molecular weight is 452 g/mol. The summed E-state index contributed by atoms with van der Waals surface area (Å²) < 4.78 is 13.2. The van der Waals surface area contributed by atoms with Gasteiger partial charge in [0.1, 0.15) is 6.61 Å². The summed E-state index contributed by atoms with van der Waals surface area (Å²) in [4.78, 5) is 17.0. The average Bonchev–Trinajstić information content (AvgIpc) is 3.40. The Balaban J connectivity index is 1.29. The highest BCUT2D eigenvalue weighted by atomic mass is 16.5. The van der Waals surface area contributed by atoms with Crippen LogP contribution < -0.4 is 14.8 Å². The Morgan fingerprint density at radius 1 is 1.09 bits per heavy atom. The SMILES string of the molecule is COc1cccc2c1OCC(C(=O)NCc1ccccc1-c1ccc(Cn3ccnc3)cc1)=C2. The van der Waals surface area contributed by atoms with Crippen molar-refractivity contribution in [2.75, 3.05) is 13.7 Å². The predicted octanol–water partition coefficient (Wildman–Crippen LogP) is 4.70. The van der Waals surface area contributed by atoms with Crippen molar-refractivity contribution in [3.05, 3.63) is 108 Å². The standard InChI is InChI=1S/C28H25N3O3/c1-33-26-8-4-6-22-15-24(18-34-27(22)26)28(32)30-16-23-5-2-3-7-25(23)21-11-9-20(10-12-21)17-31-14-13-29-19-31/h2-15,19H,16-18H2,1H3,(H,30,32). The second-order valence-corrected chi connectivity index (χ2v) is 8.11. The Morgan fingerprint density at radius 3 is 2.74 bits per heavy atom. The van der Waals surface area contributed by atoms with Crippen LogP contribution in [0.1, 0.15) is 16.7 Å². The van der Waals surface area contributed by atoms with Crippen molar-refractivity contribution in [1.29, 1.82) is 0 Å². The number of carbonyl (C=O) groups is 1. The van der Waals surface area contributed by atoms with Gasteiger partial charge in [-0.2, -0.15) is 0 Å². The zero-order chi connectivity index (χ0) is 23.3. The van der Waals surface area contributed by atoms with E-state index in [2.05, 4.69) is 40.6 Å². The zero-order valence-electron chi connectivity index (χ0n) is 18.9. The van der Waals surface area contributed by atoms with Crippen molar-refractivity contribution in [2.45, 2.75) is 13.1 Å². The van der Waals surface area contributed by atoms with E-state index in [0.717, 1.165) is 28.8 Å². The third kappa shape index (κ3) is 4.57. The van der Waals surface area contributed by atoms with Gasteiger partial charge in [0.15, 0.2) is 11.5 Å². The van der Waals surface area contributed by atoms with Gasteiger partial charge < -0.3 is 19.4 Å². The minimum absolute atomic E-state index is 0.140. The number of amides is 1. The number of benzene rings is 3. The van der Waals surface area contributed by atoms with Crippen molar-refractivity contribution in [1.82, 2.24) is 14.9 Å². The van der Waals surface area contributed by atoms with Crippen LogP contribution in [0.15, 0.2) is 91.0 Å². The number of methoxy groups -OCH3 is 1. The molecule has 1 aliphatic rings. The number of hydrogen-bond acceptors (Lipinski definition) is 4. The van der Waals surface area contributed by atoms with Gasteiger partial charge in [-0.15, -0.1) is 0 Å². The molecule has 2 heterocycles. The van der Waals surface area contributed by atoms with E-state index in [-0.39, 0.29) is 12.5 Å².